The van der Waals surface area contributed by atoms with E-state index in [0.717, 1.165) is 17.9 Å². The summed E-state index contributed by atoms with van der Waals surface area (Å²) in [6.07, 6.45) is 19.5. The van der Waals surface area contributed by atoms with Crippen LogP contribution in [-0.4, -0.2) is 12.6 Å². The van der Waals surface area contributed by atoms with E-state index in [0.29, 0.717) is 0 Å². The van der Waals surface area contributed by atoms with Crippen LogP contribution in [-0.2, 0) is 0 Å². The molecule has 0 aromatic rings. The minimum Gasteiger partial charge on any atom is -0.314 e. The second-order valence-corrected chi connectivity index (χ2v) is 4.97. The molecule has 3 unspecified atom stereocenters. The minimum atomic E-state index is 0.847. The molecule has 0 aromatic carbocycles. The second-order valence-electron chi connectivity index (χ2n) is 4.97. The van der Waals surface area contributed by atoms with Crippen LogP contribution in [0, 0.1) is 24.7 Å². The first kappa shape index (κ1) is 20.6. The number of hydrogen-bond donors (Lipinski definition) is 1. The van der Waals surface area contributed by atoms with Crippen molar-refractivity contribution in [2.75, 3.05) is 6.54 Å². The van der Waals surface area contributed by atoms with Crippen molar-refractivity contribution < 1.29 is 0 Å². The lowest BCUT2D eigenvalue weighted by atomic mass is 10.0. The zero-order valence-electron chi connectivity index (χ0n) is 13.8. The Morgan fingerprint density at radius 3 is 1.95 bits per heavy atom. The van der Waals surface area contributed by atoms with Crippen LogP contribution >= 0.6 is 0 Å². The van der Waals surface area contributed by atoms with E-state index in [1.165, 1.54) is 38.6 Å². The summed E-state index contributed by atoms with van der Waals surface area (Å²) in [5.74, 6) is 1.74. The fourth-order valence-electron chi connectivity index (χ4n) is 2.39. The van der Waals surface area contributed by atoms with Gasteiger partial charge >= 0.3 is 0 Å². The van der Waals surface area contributed by atoms with Gasteiger partial charge in [-0.25, -0.2) is 0 Å². The van der Waals surface area contributed by atoms with Gasteiger partial charge < -0.3 is 5.32 Å². The third-order valence-corrected chi connectivity index (χ3v) is 3.57. The summed E-state index contributed by atoms with van der Waals surface area (Å²) in [5, 5.41) is 3.41. The van der Waals surface area contributed by atoms with E-state index in [-0.39, 0.29) is 0 Å². The van der Waals surface area contributed by atoms with E-state index in [1.54, 1.807) is 0 Å². The van der Waals surface area contributed by atoms with Gasteiger partial charge in [0, 0.05) is 6.04 Å². The van der Waals surface area contributed by atoms with E-state index < -0.39 is 0 Å². The van der Waals surface area contributed by atoms with Crippen molar-refractivity contribution in [3.63, 3.8) is 0 Å². The summed E-state index contributed by atoms with van der Waals surface area (Å²) in [6.45, 7) is 12.0. The highest BCUT2D eigenvalue weighted by molar-refractivity contribution is 4.99. The molecule has 1 saturated heterocycles. The van der Waals surface area contributed by atoms with Crippen LogP contribution in [0.1, 0.15) is 66.7 Å². The van der Waals surface area contributed by atoms with E-state index in [2.05, 4.69) is 51.1 Å². The maximum absolute atomic E-state index is 4.00. The highest BCUT2D eigenvalue weighted by Crippen LogP contribution is 2.24. The first-order valence-electron chi connectivity index (χ1n) is 8.01. The maximum Gasteiger partial charge on any atom is 0.00649 e. The number of hydrogen-bond acceptors (Lipinski definition) is 1. The fourth-order valence-corrected chi connectivity index (χ4v) is 2.39. The fraction of sp³-hybridized carbons (Fsp3) is 0.778. The molecule has 1 fully saturated rings. The SMILES string of the molecule is C#C.CC.CCC1C=CC(C)C1.CCC1CCCN1. The average molecular weight is 265 g/mol. The molecule has 112 valence electrons. The molecule has 1 heterocycles. The lowest BCUT2D eigenvalue weighted by Gasteiger charge is -2.02. The molecular weight excluding hydrogens is 230 g/mol. The van der Waals surface area contributed by atoms with Crippen LogP contribution in [0.4, 0.5) is 0 Å². The third kappa shape index (κ3) is 10.8. The smallest absolute Gasteiger partial charge is 0.00649 e. The zero-order chi connectivity index (χ0) is 15.1. The predicted molar refractivity (Wildman–Crippen MR) is 89.3 cm³/mol. The molecule has 1 heteroatoms. The van der Waals surface area contributed by atoms with Gasteiger partial charge in [-0.05, 0) is 50.5 Å². The molecule has 0 saturated carbocycles. The summed E-state index contributed by atoms with van der Waals surface area (Å²) in [6, 6.07) is 0.847. The zero-order valence-corrected chi connectivity index (χ0v) is 13.8. The van der Waals surface area contributed by atoms with Crippen LogP contribution < -0.4 is 5.32 Å². The lowest BCUT2D eigenvalue weighted by Crippen LogP contribution is -2.19. The molecule has 1 nitrogen and oxygen atoms in total. The Morgan fingerprint density at radius 1 is 1.11 bits per heavy atom. The largest absolute Gasteiger partial charge is 0.314 e. The standard InChI is InChI=1S/C8H14.C6H13N.C2H6.C2H2/c1-3-8-5-4-7(2)6-8;1-2-6-4-3-5-7-6;2*1-2/h4-5,7-8H,3,6H2,1-2H3;6-7H,2-5H2,1H3;1-2H3;1-2H. The number of nitrogens with one attached hydrogen (secondary N) is 1. The van der Waals surface area contributed by atoms with E-state index in [1.807, 2.05) is 13.8 Å². The van der Waals surface area contributed by atoms with Gasteiger partial charge in [-0.2, -0.15) is 0 Å². The van der Waals surface area contributed by atoms with Crippen molar-refractivity contribution in [1.82, 2.24) is 5.32 Å². The molecule has 0 aromatic heterocycles. The Balaban J connectivity index is 0. The highest BCUT2D eigenvalue weighted by Gasteiger charge is 2.11. The van der Waals surface area contributed by atoms with E-state index >= 15 is 0 Å². The summed E-state index contributed by atoms with van der Waals surface area (Å²) in [7, 11) is 0. The molecule has 0 amide bonds. The van der Waals surface area contributed by atoms with Gasteiger partial charge in [0.05, 0.1) is 0 Å². The van der Waals surface area contributed by atoms with Gasteiger partial charge in [0.2, 0.25) is 0 Å². The number of terminal acetylenes is 1. The Kier molecular flexibility index (Phi) is 16.6. The van der Waals surface area contributed by atoms with Crippen LogP contribution in [0.25, 0.3) is 0 Å². The molecule has 0 radical (unpaired) electrons. The third-order valence-electron chi connectivity index (χ3n) is 3.57. The molecule has 0 bridgehead atoms. The lowest BCUT2D eigenvalue weighted by molar-refractivity contribution is 0.538. The van der Waals surface area contributed by atoms with Gasteiger partial charge in [-0.15, -0.1) is 12.8 Å². The number of allylic oxidation sites excluding steroid dienone is 2. The van der Waals surface area contributed by atoms with Crippen molar-refractivity contribution >= 4 is 0 Å². The summed E-state index contributed by atoms with van der Waals surface area (Å²) in [5.41, 5.74) is 0. The van der Waals surface area contributed by atoms with Gasteiger partial charge in [0.1, 0.15) is 0 Å². The second kappa shape index (κ2) is 15.3. The minimum absolute atomic E-state index is 0.847. The van der Waals surface area contributed by atoms with Gasteiger partial charge in [-0.3, -0.25) is 0 Å². The van der Waals surface area contributed by atoms with Crippen molar-refractivity contribution in [1.29, 1.82) is 0 Å². The van der Waals surface area contributed by atoms with E-state index in [4.69, 9.17) is 0 Å². The molecular formula is C18H35N. The highest BCUT2D eigenvalue weighted by atomic mass is 14.9. The average Bonchev–Trinajstić information content (AvgIpc) is 3.14. The Labute approximate surface area is 122 Å². The summed E-state index contributed by atoms with van der Waals surface area (Å²) in [4.78, 5) is 0. The molecule has 0 spiro atoms. The van der Waals surface area contributed by atoms with Crippen LogP contribution in [0.2, 0.25) is 0 Å². The molecule has 1 aliphatic carbocycles. The first-order valence-corrected chi connectivity index (χ1v) is 8.01. The van der Waals surface area contributed by atoms with Crippen LogP contribution in [0.15, 0.2) is 12.2 Å². The van der Waals surface area contributed by atoms with Crippen LogP contribution in [0.3, 0.4) is 0 Å². The van der Waals surface area contributed by atoms with Gasteiger partial charge in [-0.1, -0.05) is 46.8 Å². The van der Waals surface area contributed by atoms with Gasteiger partial charge in [0.25, 0.3) is 0 Å². The van der Waals surface area contributed by atoms with Crippen molar-refractivity contribution in [2.24, 2.45) is 11.8 Å². The Morgan fingerprint density at radius 2 is 1.74 bits per heavy atom. The molecule has 3 atom stereocenters. The normalized spacial score (nSPS) is 27.2. The van der Waals surface area contributed by atoms with E-state index in [9.17, 15) is 0 Å². The maximum atomic E-state index is 4.00. The topological polar surface area (TPSA) is 12.0 Å². The molecule has 19 heavy (non-hydrogen) atoms. The Hall–Kier alpha value is -0.740. The monoisotopic (exact) mass is 265 g/mol. The van der Waals surface area contributed by atoms with Crippen molar-refractivity contribution in [2.45, 2.75) is 72.8 Å². The summed E-state index contributed by atoms with van der Waals surface area (Å²) >= 11 is 0. The van der Waals surface area contributed by atoms with Gasteiger partial charge in [0.15, 0.2) is 0 Å². The van der Waals surface area contributed by atoms with Crippen molar-refractivity contribution in [3.05, 3.63) is 12.2 Å². The Bertz CT molecular complexity index is 211. The first-order chi connectivity index (χ1) is 9.26. The molecule has 2 aliphatic rings. The quantitative estimate of drug-likeness (QED) is 0.545. The van der Waals surface area contributed by atoms with Crippen molar-refractivity contribution in [3.8, 4) is 12.8 Å². The van der Waals surface area contributed by atoms with Crippen LogP contribution in [0.5, 0.6) is 0 Å². The summed E-state index contributed by atoms with van der Waals surface area (Å²) < 4.78 is 0. The molecule has 1 aliphatic heterocycles. The molecule has 1 N–H and O–H groups in total. The number of rotatable bonds is 2. The molecule has 2 rings (SSSR count). The predicted octanol–water partition coefficient (Wildman–Crippen LogP) is 5.03.